The van der Waals surface area contributed by atoms with Gasteiger partial charge in [0.05, 0.1) is 0 Å². The Balaban J connectivity index is 3.89. The number of hydrogen-bond acceptors (Lipinski definition) is 2. The Labute approximate surface area is 84.3 Å². The second kappa shape index (κ2) is 5.76. The Kier molecular flexibility index (Phi) is 5.85. The molecule has 0 aliphatic carbocycles. The van der Waals surface area contributed by atoms with Gasteiger partial charge in [-0.1, -0.05) is 50.9 Å². The van der Waals surface area contributed by atoms with E-state index in [4.69, 9.17) is 23.2 Å². The molecule has 0 radical (unpaired) electrons. The van der Waals surface area contributed by atoms with Crippen LogP contribution in [0.3, 0.4) is 0 Å². The second-order valence-electron chi connectivity index (χ2n) is 3.46. The number of rotatable bonds is 4. The van der Waals surface area contributed by atoms with Crippen LogP contribution in [0.15, 0.2) is 10.2 Å². The molecule has 12 heavy (non-hydrogen) atoms. The summed E-state index contributed by atoms with van der Waals surface area (Å²) in [5.74, 6) is 0.595. The molecule has 0 spiro atoms. The van der Waals surface area contributed by atoms with Crippen molar-refractivity contribution in [1.29, 1.82) is 0 Å². The van der Waals surface area contributed by atoms with Gasteiger partial charge < -0.3 is 0 Å². The van der Waals surface area contributed by atoms with Crippen LogP contribution in [0.1, 0.15) is 27.7 Å². The van der Waals surface area contributed by atoms with Crippen LogP contribution < -0.4 is 0 Å². The summed E-state index contributed by atoms with van der Waals surface area (Å²) < 4.78 is 0. The summed E-state index contributed by atoms with van der Waals surface area (Å²) in [5.41, 5.74) is -0.519. The van der Waals surface area contributed by atoms with E-state index in [2.05, 4.69) is 10.2 Å². The molecule has 0 saturated carbocycles. The molecule has 0 saturated heterocycles. The molecule has 0 heterocycles. The first kappa shape index (κ1) is 12.2. The molecule has 0 aromatic rings. The Morgan fingerprint density at radius 3 is 1.17 bits per heavy atom. The average molecular weight is 211 g/mol. The lowest BCUT2D eigenvalue weighted by atomic mass is 10.2. The predicted octanol–water partition coefficient (Wildman–Crippen LogP) is 3.88. The van der Waals surface area contributed by atoms with Crippen LogP contribution in [0.2, 0.25) is 0 Å². The third-order valence-corrected chi connectivity index (χ3v) is 2.57. The van der Waals surface area contributed by atoms with Crippen LogP contribution in [0.4, 0.5) is 0 Å². The zero-order chi connectivity index (χ0) is 9.72. The second-order valence-corrected chi connectivity index (χ2v) is 4.36. The molecule has 2 unspecified atom stereocenters. The topological polar surface area (TPSA) is 24.7 Å². The highest BCUT2D eigenvalue weighted by molar-refractivity contribution is 6.21. The van der Waals surface area contributed by atoms with Gasteiger partial charge in [-0.3, -0.25) is 0 Å². The standard InChI is InChI=1S/C8H16Cl2N2/c1-5(2)7(9)11-12-8(10)6(3)4/h5-8H,1-4H3. The number of hydrogen-bond donors (Lipinski definition) is 0. The summed E-state index contributed by atoms with van der Waals surface area (Å²) >= 11 is 11.7. The minimum atomic E-state index is -0.259. The van der Waals surface area contributed by atoms with Gasteiger partial charge in [0, 0.05) is 0 Å². The zero-order valence-electron chi connectivity index (χ0n) is 7.96. The molecule has 0 rings (SSSR count). The number of halogens is 2. The Bertz CT molecular complexity index is 130. The maximum Gasteiger partial charge on any atom is 0.146 e. The summed E-state index contributed by atoms with van der Waals surface area (Å²) in [6, 6.07) is 0. The van der Waals surface area contributed by atoms with Gasteiger partial charge in [-0.15, -0.1) is 0 Å². The first-order chi connectivity index (χ1) is 5.45. The lowest BCUT2D eigenvalue weighted by Crippen LogP contribution is -2.07. The molecule has 0 bridgehead atoms. The average Bonchev–Trinajstić information content (AvgIpc) is 1.98. The van der Waals surface area contributed by atoms with Crippen molar-refractivity contribution in [2.75, 3.05) is 0 Å². The van der Waals surface area contributed by atoms with Crippen molar-refractivity contribution < 1.29 is 0 Å². The molecule has 2 nitrogen and oxygen atoms in total. The minimum Gasteiger partial charge on any atom is -0.173 e. The highest BCUT2D eigenvalue weighted by Crippen LogP contribution is 2.16. The molecule has 0 aliphatic heterocycles. The van der Waals surface area contributed by atoms with Crippen molar-refractivity contribution in [2.24, 2.45) is 22.1 Å². The summed E-state index contributed by atoms with van der Waals surface area (Å²) in [7, 11) is 0. The smallest absolute Gasteiger partial charge is 0.146 e. The van der Waals surface area contributed by atoms with Crippen LogP contribution >= 0.6 is 23.2 Å². The lowest BCUT2D eigenvalue weighted by Gasteiger charge is -2.09. The molecule has 0 aromatic heterocycles. The highest BCUT2D eigenvalue weighted by atomic mass is 35.5. The monoisotopic (exact) mass is 210 g/mol. The molecule has 4 heteroatoms. The van der Waals surface area contributed by atoms with Gasteiger partial charge in [0.15, 0.2) is 0 Å². The molecule has 2 atom stereocenters. The molecule has 0 amide bonds. The van der Waals surface area contributed by atoms with Gasteiger partial charge in [-0.05, 0) is 11.8 Å². The number of alkyl halides is 2. The molecule has 0 N–H and O–H groups in total. The third-order valence-electron chi connectivity index (χ3n) is 1.39. The zero-order valence-corrected chi connectivity index (χ0v) is 9.47. The quantitative estimate of drug-likeness (QED) is 0.383. The highest BCUT2D eigenvalue weighted by Gasteiger charge is 2.10. The molecule has 72 valence electrons. The van der Waals surface area contributed by atoms with E-state index in [-0.39, 0.29) is 11.0 Å². The van der Waals surface area contributed by atoms with Crippen LogP contribution in [-0.2, 0) is 0 Å². The fourth-order valence-corrected chi connectivity index (χ4v) is 0.495. The number of azo groups is 1. The van der Waals surface area contributed by atoms with Crippen LogP contribution in [0, 0.1) is 11.8 Å². The minimum absolute atomic E-state index is 0.259. The van der Waals surface area contributed by atoms with E-state index >= 15 is 0 Å². The van der Waals surface area contributed by atoms with Gasteiger partial charge in [-0.25, -0.2) is 0 Å². The van der Waals surface area contributed by atoms with Crippen molar-refractivity contribution in [3.05, 3.63) is 0 Å². The van der Waals surface area contributed by atoms with Gasteiger partial charge in [-0.2, -0.15) is 10.2 Å². The Hall–Kier alpha value is 0.180. The van der Waals surface area contributed by atoms with E-state index in [1.54, 1.807) is 0 Å². The van der Waals surface area contributed by atoms with E-state index in [0.29, 0.717) is 11.8 Å². The van der Waals surface area contributed by atoms with Crippen molar-refractivity contribution >= 4 is 23.2 Å². The van der Waals surface area contributed by atoms with Gasteiger partial charge in [0.1, 0.15) is 11.0 Å². The van der Waals surface area contributed by atoms with Crippen molar-refractivity contribution in [1.82, 2.24) is 0 Å². The summed E-state index contributed by atoms with van der Waals surface area (Å²) in [6.07, 6.45) is 0. The molecule has 0 aromatic carbocycles. The van der Waals surface area contributed by atoms with Crippen LogP contribution in [0.5, 0.6) is 0 Å². The Morgan fingerprint density at radius 1 is 0.750 bits per heavy atom. The van der Waals surface area contributed by atoms with E-state index < -0.39 is 0 Å². The molecule has 0 fully saturated rings. The fourth-order valence-electron chi connectivity index (χ4n) is 0.394. The summed E-state index contributed by atoms with van der Waals surface area (Å²) in [5, 5.41) is 7.81. The number of nitrogens with zero attached hydrogens (tertiary/aromatic N) is 2. The van der Waals surface area contributed by atoms with Crippen molar-refractivity contribution in [3.8, 4) is 0 Å². The largest absolute Gasteiger partial charge is 0.173 e. The van der Waals surface area contributed by atoms with Crippen molar-refractivity contribution in [2.45, 2.75) is 38.7 Å². The first-order valence-corrected chi connectivity index (χ1v) is 5.00. The molecular weight excluding hydrogens is 195 g/mol. The van der Waals surface area contributed by atoms with E-state index in [1.807, 2.05) is 27.7 Å². The fraction of sp³-hybridized carbons (Fsp3) is 1.00. The molecular formula is C8H16Cl2N2. The van der Waals surface area contributed by atoms with Gasteiger partial charge in [0.2, 0.25) is 0 Å². The molecule has 0 aliphatic rings. The SMILES string of the molecule is CC(C)C(Cl)N=NC(Cl)C(C)C. The normalized spacial score (nSPS) is 17.7. The maximum atomic E-state index is 5.85. The van der Waals surface area contributed by atoms with E-state index in [9.17, 15) is 0 Å². The van der Waals surface area contributed by atoms with Gasteiger partial charge in [0.25, 0.3) is 0 Å². The third kappa shape index (κ3) is 4.94. The maximum absolute atomic E-state index is 5.85. The van der Waals surface area contributed by atoms with Crippen molar-refractivity contribution in [3.63, 3.8) is 0 Å². The Morgan fingerprint density at radius 2 is 1.00 bits per heavy atom. The van der Waals surface area contributed by atoms with Crippen LogP contribution in [-0.4, -0.2) is 11.0 Å². The lowest BCUT2D eigenvalue weighted by molar-refractivity contribution is 0.544. The van der Waals surface area contributed by atoms with Gasteiger partial charge >= 0.3 is 0 Å². The summed E-state index contributed by atoms with van der Waals surface area (Å²) in [6.45, 7) is 7.98. The van der Waals surface area contributed by atoms with E-state index in [1.165, 1.54) is 0 Å². The van der Waals surface area contributed by atoms with E-state index in [0.717, 1.165) is 0 Å². The summed E-state index contributed by atoms with van der Waals surface area (Å²) in [4.78, 5) is 0. The first-order valence-electron chi connectivity index (χ1n) is 4.13. The van der Waals surface area contributed by atoms with Crippen LogP contribution in [0.25, 0.3) is 0 Å². The predicted molar refractivity (Wildman–Crippen MR) is 53.8 cm³/mol.